The number of hydrogen-bond donors (Lipinski definition) is 2. The number of carbonyl (C=O) groups excluding carboxylic acids is 1. The van der Waals surface area contributed by atoms with Crippen LogP contribution < -0.4 is 10.6 Å². The Morgan fingerprint density at radius 2 is 2.14 bits per heavy atom. The summed E-state index contributed by atoms with van der Waals surface area (Å²) < 4.78 is 5.15. The van der Waals surface area contributed by atoms with Gasteiger partial charge in [0.05, 0.1) is 11.6 Å². The first-order chi connectivity index (χ1) is 10.6. The van der Waals surface area contributed by atoms with Crippen molar-refractivity contribution in [1.29, 1.82) is 0 Å². The Kier molecular flexibility index (Phi) is 5.49. The molecule has 22 heavy (non-hydrogen) atoms. The maximum Gasteiger partial charge on any atom is 0.338 e. The lowest BCUT2D eigenvalue weighted by molar-refractivity contribution is -0.138. The quantitative estimate of drug-likeness (QED) is 0.497. The minimum atomic E-state index is -0.386. The Morgan fingerprint density at radius 3 is 2.82 bits per heavy atom. The Hall–Kier alpha value is -2.40. The van der Waals surface area contributed by atoms with Crippen LogP contribution >= 0.6 is 12.2 Å². The van der Waals surface area contributed by atoms with E-state index in [-0.39, 0.29) is 18.6 Å². The molecule has 0 aromatic heterocycles. The van der Waals surface area contributed by atoms with E-state index in [0.29, 0.717) is 16.4 Å². The average molecular weight is 314 g/mol. The topological polar surface area (TPSA) is 50.4 Å². The molecule has 1 aliphatic heterocycles. The summed E-state index contributed by atoms with van der Waals surface area (Å²) in [6.45, 7) is 5.53. The van der Waals surface area contributed by atoms with Crippen LogP contribution in [-0.4, -0.2) is 23.7 Å². The van der Waals surface area contributed by atoms with Gasteiger partial charge in [0.25, 0.3) is 0 Å². The lowest BCUT2D eigenvalue weighted by Crippen LogP contribution is -2.48. The third kappa shape index (κ3) is 4.05. The Morgan fingerprint density at radius 1 is 1.41 bits per heavy atom. The second kappa shape index (κ2) is 7.56. The number of benzene rings is 1. The fourth-order valence-electron chi connectivity index (χ4n) is 2.13. The molecule has 2 N–H and O–H groups in total. The Labute approximate surface area is 135 Å². The second-order valence-corrected chi connectivity index (χ2v) is 5.18. The Balaban J connectivity index is 2.24. The number of nitrogens with one attached hydrogen (secondary N) is 2. The summed E-state index contributed by atoms with van der Waals surface area (Å²) in [5.41, 5.74) is 2.26. The normalized spacial score (nSPS) is 17.9. The maximum absolute atomic E-state index is 12.2. The number of rotatable bonds is 5. The molecule has 1 atom stereocenters. The van der Waals surface area contributed by atoms with E-state index in [1.54, 1.807) is 6.92 Å². The van der Waals surface area contributed by atoms with Crippen LogP contribution in [-0.2, 0) is 9.53 Å². The molecule has 5 heteroatoms. The van der Waals surface area contributed by atoms with Gasteiger partial charge >= 0.3 is 5.97 Å². The molecule has 1 aliphatic rings. The zero-order valence-corrected chi connectivity index (χ0v) is 13.2. The number of thiocarbonyl (C=S) groups is 1. The third-order valence-corrected chi connectivity index (χ3v) is 3.36. The largest absolute Gasteiger partial charge is 0.458 e. The summed E-state index contributed by atoms with van der Waals surface area (Å²) in [7, 11) is 0. The first-order valence-electron chi connectivity index (χ1n) is 6.91. The van der Waals surface area contributed by atoms with Crippen LogP contribution in [0.1, 0.15) is 12.5 Å². The van der Waals surface area contributed by atoms with Crippen molar-refractivity contribution in [3.05, 3.63) is 65.9 Å². The van der Waals surface area contributed by atoms with Gasteiger partial charge in [-0.1, -0.05) is 55.1 Å². The fourth-order valence-corrected chi connectivity index (χ4v) is 2.41. The molecule has 0 radical (unpaired) electrons. The first kappa shape index (κ1) is 16.0. The van der Waals surface area contributed by atoms with E-state index in [0.717, 1.165) is 5.56 Å². The van der Waals surface area contributed by atoms with Crippen LogP contribution in [0.15, 0.2) is 60.3 Å². The molecule has 1 aromatic rings. The SMILES string of the molecule is C=CCOC(=O)C1=C(C)NC(=S)NC1C=Cc1ccccc1. The number of ether oxygens (including phenoxy) is 1. The van der Waals surface area contributed by atoms with Gasteiger partial charge in [-0.05, 0) is 24.7 Å². The molecule has 0 spiro atoms. The summed E-state index contributed by atoms with van der Waals surface area (Å²) in [5, 5.41) is 6.51. The summed E-state index contributed by atoms with van der Waals surface area (Å²) in [5.74, 6) is -0.386. The maximum atomic E-state index is 12.2. The van der Waals surface area contributed by atoms with Crippen LogP contribution in [0.25, 0.3) is 6.08 Å². The molecule has 0 aliphatic carbocycles. The van der Waals surface area contributed by atoms with E-state index < -0.39 is 0 Å². The van der Waals surface area contributed by atoms with E-state index in [1.807, 2.05) is 42.5 Å². The highest BCUT2D eigenvalue weighted by Crippen LogP contribution is 2.16. The van der Waals surface area contributed by atoms with Gasteiger partial charge in [0.1, 0.15) is 6.61 Å². The van der Waals surface area contributed by atoms with Crippen LogP contribution in [0.2, 0.25) is 0 Å². The van der Waals surface area contributed by atoms with E-state index in [1.165, 1.54) is 6.08 Å². The molecule has 4 nitrogen and oxygen atoms in total. The number of allylic oxidation sites excluding steroid dienone is 1. The molecule has 1 aromatic carbocycles. The monoisotopic (exact) mass is 314 g/mol. The van der Waals surface area contributed by atoms with Crippen LogP contribution in [0, 0.1) is 0 Å². The molecule has 0 saturated carbocycles. The Bertz CT molecular complexity index is 635. The molecule has 114 valence electrons. The summed E-state index contributed by atoms with van der Waals surface area (Å²) in [6, 6.07) is 9.52. The first-order valence-corrected chi connectivity index (χ1v) is 7.32. The van der Waals surface area contributed by atoms with Gasteiger partial charge in [-0.25, -0.2) is 4.79 Å². The average Bonchev–Trinajstić information content (AvgIpc) is 2.51. The smallest absolute Gasteiger partial charge is 0.338 e. The zero-order valence-electron chi connectivity index (χ0n) is 12.3. The highest BCUT2D eigenvalue weighted by molar-refractivity contribution is 7.80. The van der Waals surface area contributed by atoms with Gasteiger partial charge in [-0.3, -0.25) is 0 Å². The van der Waals surface area contributed by atoms with Crippen molar-refractivity contribution in [3.63, 3.8) is 0 Å². The lowest BCUT2D eigenvalue weighted by atomic mass is 10.0. The summed E-state index contributed by atoms with van der Waals surface area (Å²) in [6.07, 6.45) is 5.38. The van der Waals surface area contributed by atoms with Crippen molar-refractivity contribution < 1.29 is 9.53 Å². The van der Waals surface area contributed by atoms with Gasteiger partial charge in [0, 0.05) is 5.70 Å². The van der Waals surface area contributed by atoms with Gasteiger partial charge in [0.2, 0.25) is 0 Å². The molecule has 0 fully saturated rings. The number of carbonyl (C=O) groups is 1. The molecule has 0 bridgehead atoms. The van der Waals surface area contributed by atoms with E-state index in [4.69, 9.17) is 17.0 Å². The molecule has 2 rings (SSSR count). The van der Waals surface area contributed by atoms with Gasteiger partial charge in [-0.15, -0.1) is 0 Å². The van der Waals surface area contributed by atoms with Gasteiger partial charge < -0.3 is 15.4 Å². The van der Waals surface area contributed by atoms with Gasteiger partial charge in [0.15, 0.2) is 5.11 Å². The van der Waals surface area contributed by atoms with Crippen LogP contribution in [0.5, 0.6) is 0 Å². The van der Waals surface area contributed by atoms with Crippen molar-refractivity contribution in [1.82, 2.24) is 10.6 Å². The molecule has 1 heterocycles. The van der Waals surface area contributed by atoms with Crippen molar-refractivity contribution in [2.24, 2.45) is 0 Å². The highest BCUT2D eigenvalue weighted by Gasteiger charge is 2.27. The number of hydrogen-bond acceptors (Lipinski definition) is 3. The highest BCUT2D eigenvalue weighted by atomic mass is 32.1. The molecular weight excluding hydrogens is 296 g/mol. The van der Waals surface area contributed by atoms with Crippen LogP contribution in [0.4, 0.5) is 0 Å². The van der Waals surface area contributed by atoms with E-state index >= 15 is 0 Å². The van der Waals surface area contributed by atoms with Gasteiger partial charge in [-0.2, -0.15) is 0 Å². The predicted octanol–water partition coefficient (Wildman–Crippen LogP) is 2.55. The minimum Gasteiger partial charge on any atom is -0.458 e. The van der Waals surface area contributed by atoms with Crippen molar-refractivity contribution in [2.45, 2.75) is 13.0 Å². The van der Waals surface area contributed by atoms with Crippen molar-refractivity contribution in [3.8, 4) is 0 Å². The summed E-state index contributed by atoms with van der Waals surface area (Å²) in [4.78, 5) is 12.2. The predicted molar refractivity (Wildman–Crippen MR) is 92.0 cm³/mol. The van der Waals surface area contributed by atoms with E-state index in [2.05, 4.69) is 17.2 Å². The molecule has 0 amide bonds. The van der Waals surface area contributed by atoms with Crippen molar-refractivity contribution in [2.75, 3.05) is 6.61 Å². The minimum absolute atomic E-state index is 0.176. The standard InChI is InChI=1S/C17H18N2O2S/c1-3-11-21-16(20)15-12(2)18-17(22)19-14(15)10-9-13-7-5-4-6-8-13/h3-10,14H,1,11H2,2H3,(H2,18,19,22). The zero-order chi connectivity index (χ0) is 15.9. The van der Waals surface area contributed by atoms with E-state index in [9.17, 15) is 4.79 Å². The lowest BCUT2D eigenvalue weighted by Gasteiger charge is -2.27. The molecule has 1 unspecified atom stereocenters. The second-order valence-electron chi connectivity index (χ2n) is 4.77. The number of esters is 1. The van der Waals surface area contributed by atoms with Crippen LogP contribution in [0.3, 0.4) is 0 Å². The summed E-state index contributed by atoms with van der Waals surface area (Å²) >= 11 is 5.16. The van der Waals surface area contributed by atoms with Crippen molar-refractivity contribution >= 4 is 29.4 Å². The molecular formula is C17H18N2O2S. The fraction of sp³-hybridized carbons (Fsp3) is 0.176. The molecule has 0 saturated heterocycles. The third-order valence-electron chi connectivity index (χ3n) is 3.14.